The quantitative estimate of drug-likeness (QED) is 0.397. The van der Waals surface area contributed by atoms with Crippen molar-refractivity contribution in [3.05, 3.63) is 99.5 Å². The number of nitrogens with zero attached hydrogens (tertiary/aromatic N) is 1. The maximum absolute atomic E-state index is 13.6. The maximum atomic E-state index is 13.6. The van der Waals surface area contributed by atoms with Crippen LogP contribution in [0.4, 0.5) is 0 Å². The Hall–Kier alpha value is -3.12. The minimum absolute atomic E-state index is 0.150. The number of ether oxygens (including phenoxy) is 1. The SMILES string of the molecule is CCNC(=O)[C@@H](Cc1ccccc1)N(Cc1cccc(Br)c1)C(=O)COc1cccc(C)c1C. The van der Waals surface area contributed by atoms with Gasteiger partial charge in [-0.1, -0.05) is 70.5 Å². The van der Waals surface area contributed by atoms with Crippen molar-refractivity contribution in [3.63, 3.8) is 0 Å². The highest BCUT2D eigenvalue weighted by atomic mass is 79.9. The van der Waals surface area contributed by atoms with E-state index in [1.807, 2.05) is 93.6 Å². The largest absolute Gasteiger partial charge is 0.483 e. The fraction of sp³-hybridized carbons (Fsp3) is 0.286. The van der Waals surface area contributed by atoms with Crippen LogP contribution < -0.4 is 10.1 Å². The first-order valence-electron chi connectivity index (χ1n) is 11.4. The Kier molecular flexibility index (Phi) is 9.28. The van der Waals surface area contributed by atoms with Gasteiger partial charge < -0.3 is 15.0 Å². The predicted octanol–water partition coefficient (Wildman–Crippen LogP) is 5.22. The zero-order valence-electron chi connectivity index (χ0n) is 19.9. The number of aryl methyl sites for hydroxylation is 1. The Morgan fingerprint density at radius 1 is 0.971 bits per heavy atom. The molecule has 0 aliphatic heterocycles. The molecule has 3 aromatic rings. The molecule has 5 nitrogen and oxygen atoms in total. The molecule has 0 radical (unpaired) electrons. The maximum Gasteiger partial charge on any atom is 0.261 e. The highest BCUT2D eigenvalue weighted by Gasteiger charge is 2.30. The second-order valence-electron chi connectivity index (χ2n) is 8.24. The molecule has 1 N–H and O–H groups in total. The second-order valence-corrected chi connectivity index (χ2v) is 9.15. The van der Waals surface area contributed by atoms with Crippen LogP contribution in [0.5, 0.6) is 5.75 Å². The van der Waals surface area contributed by atoms with Crippen LogP contribution in [0.15, 0.2) is 77.3 Å². The number of carbonyl (C=O) groups excluding carboxylic acids is 2. The minimum Gasteiger partial charge on any atom is -0.483 e. The number of halogens is 1. The third kappa shape index (κ3) is 6.94. The van der Waals surface area contributed by atoms with E-state index in [9.17, 15) is 9.59 Å². The molecule has 0 aromatic heterocycles. The van der Waals surface area contributed by atoms with Crippen LogP contribution in [-0.4, -0.2) is 35.9 Å². The third-order valence-corrected chi connectivity index (χ3v) is 6.26. The molecule has 0 aliphatic rings. The summed E-state index contributed by atoms with van der Waals surface area (Å²) in [5, 5.41) is 2.91. The molecular formula is C28H31BrN2O3. The van der Waals surface area contributed by atoms with Crippen molar-refractivity contribution in [1.29, 1.82) is 0 Å². The van der Waals surface area contributed by atoms with Crippen LogP contribution in [0.1, 0.15) is 29.2 Å². The van der Waals surface area contributed by atoms with Gasteiger partial charge in [0.2, 0.25) is 5.91 Å². The lowest BCUT2D eigenvalue weighted by Gasteiger charge is -2.31. The van der Waals surface area contributed by atoms with E-state index >= 15 is 0 Å². The summed E-state index contributed by atoms with van der Waals surface area (Å²) < 4.78 is 6.85. The molecule has 2 amide bonds. The van der Waals surface area contributed by atoms with Crippen molar-refractivity contribution < 1.29 is 14.3 Å². The molecule has 6 heteroatoms. The monoisotopic (exact) mass is 522 g/mol. The van der Waals surface area contributed by atoms with Gasteiger partial charge in [-0.15, -0.1) is 0 Å². The molecule has 0 saturated carbocycles. The van der Waals surface area contributed by atoms with Crippen LogP contribution in [0.25, 0.3) is 0 Å². The second kappa shape index (κ2) is 12.4. The van der Waals surface area contributed by atoms with E-state index in [2.05, 4.69) is 21.2 Å². The Balaban J connectivity index is 1.91. The van der Waals surface area contributed by atoms with E-state index in [-0.39, 0.29) is 18.4 Å². The number of nitrogens with one attached hydrogen (secondary N) is 1. The highest BCUT2D eigenvalue weighted by Crippen LogP contribution is 2.22. The summed E-state index contributed by atoms with van der Waals surface area (Å²) in [6, 6.07) is 22.6. The molecule has 0 spiro atoms. The van der Waals surface area contributed by atoms with E-state index in [4.69, 9.17) is 4.74 Å². The van der Waals surface area contributed by atoms with Gasteiger partial charge in [-0.2, -0.15) is 0 Å². The molecule has 0 heterocycles. The van der Waals surface area contributed by atoms with Crippen molar-refractivity contribution in [1.82, 2.24) is 10.2 Å². The van der Waals surface area contributed by atoms with Gasteiger partial charge in [0.05, 0.1) is 0 Å². The summed E-state index contributed by atoms with van der Waals surface area (Å²) in [7, 11) is 0. The first kappa shape index (κ1) is 25.5. The lowest BCUT2D eigenvalue weighted by molar-refractivity contribution is -0.142. The fourth-order valence-corrected chi connectivity index (χ4v) is 4.23. The Labute approximate surface area is 210 Å². The molecule has 0 fully saturated rings. The predicted molar refractivity (Wildman–Crippen MR) is 139 cm³/mol. The van der Waals surface area contributed by atoms with E-state index < -0.39 is 6.04 Å². The van der Waals surface area contributed by atoms with E-state index in [1.54, 1.807) is 4.90 Å². The smallest absolute Gasteiger partial charge is 0.261 e. The van der Waals surface area contributed by atoms with Crippen LogP contribution in [0.3, 0.4) is 0 Å². The molecule has 178 valence electrons. The molecule has 1 atom stereocenters. The number of carbonyl (C=O) groups is 2. The lowest BCUT2D eigenvalue weighted by Crippen LogP contribution is -2.51. The van der Waals surface area contributed by atoms with Gasteiger partial charge in [0.25, 0.3) is 5.91 Å². The van der Waals surface area contributed by atoms with Crippen LogP contribution >= 0.6 is 15.9 Å². The number of amides is 2. The molecular weight excluding hydrogens is 492 g/mol. The summed E-state index contributed by atoms with van der Waals surface area (Å²) in [6.07, 6.45) is 0.413. The Morgan fingerprint density at radius 2 is 1.68 bits per heavy atom. The Morgan fingerprint density at radius 3 is 2.38 bits per heavy atom. The molecule has 0 saturated heterocycles. The number of likely N-dealkylation sites (N-methyl/N-ethyl adjacent to an activating group) is 1. The summed E-state index contributed by atoms with van der Waals surface area (Å²) >= 11 is 3.50. The van der Waals surface area contributed by atoms with E-state index in [1.165, 1.54) is 0 Å². The average molecular weight is 523 g/mol. The van der Waals surface area contributed by atoms with Gasteiger partial charge in [0.15, 0.2) is 6.61 Å². The van der Waals surface area contributed by atoms with Gasteiger partial charge in [-0.3, -0.25) is 9.59 Å². The lowest BCUT2D eigenvalue weighted by atomic mass is 10.0. The molecule has 0 unspecified atom stereocenters. The summed E-state index contributed by atoms with van der Waals surface area (Å²) in [5.74, 6) is 0.253. The zero-order chi connectivity index (χ0) is 24.5. The van der Waals surface area contributed by atoms with E-state index in [0.29, 0.717) is 25.3 Å². The van der Waals surface area contributed by atoms with Gasteiger partial charge >= 0.3 is 0 Å². The zero-order valence-corrected chi connectivity index (χ0v) is 21.5. The van der Waals surface area contributed by atoms with Gasteiger partial charge in [0.1, 0.15) is 11.8 Å². The number of rotatable bonds is 10. The third-order valence-electron chi connectivity index (χ3n) is 5.77. The van der Waals surface area contributed by atoms with Crippen molar-refractivity contribution in [3.8, 4) is 5.75 Å². The summed E-state index contributed by atoms with van der Waals surface area (Å²) in [5.41, 5.74) is 4.01. The number of benzene rings is 3. The molecule has 0 aliphatic carbocycles. The summed E-state index contributed by atoms with van der Waals surface area (Å²) in [4.78, 5) is 28.4. The van der Waals surface area contributed by atoms with Crippen LogP contribution in [0, 0.1) is 13.8 Å². The first-order chi connectivity index (χ1) is 16.4. The Bertz CT molecular complexity index is 1120. The van der Waals surface area contributed by atoms with Crippen molar-refractivity contribution in [2.24, 2.45) is 0 Å². The number of hydrogen-bond donors (Lipinski definition) is 1. The normalized spacial score (nSPS) is 11.5. The average Bonchev–Trinajstić information content (AvgIpc) is 2.83. The van der Waals surface area contributed by atoms with Crippen LogP contribution in [0.2, 0.25) is 0 Å². The molecule has 3 aromatic carbocycles. The van der Waals surface area contributed by atoms with Crippen molar-refractivity contribution in [2.75, 3.05) is 13.2 Å². The topological polar surface area (TPSA) is 58.6 Å². The van der Waals surface area contributed by atoms with E-state index in [0.717, 1.165) is 26.7 Å². The van der Waals surface area contributed by atoms with Gasteiger partial charge in [-0.25, -0.2) is 0 Å². The highest BCUT2D eigenvalue weighted by molar-refractivity contribution is 9.10. The van der Waals surface area contributed by atoms with Crippen LogP contribution in [-0.2, 0) is 22.6 Å². The van der Waals surface area contributed by atoms with Crippen molar-refractivity contribution >= 4 is 27.7 Å². The molecule has 3 rings (SSSR count). The van der Waals surface area contributed by atoms with Gasteiger partial charge in [-0.05, 0) is 61.2 Å². The number of hydrogen-bond acceptors (Lipinski definition) is 3. The standard InChI is InChI=1S/C28H31BrN2O3/c1-4-30-28(33)25(17-22-11-6-5-7-12-22)31(18-23-13-9-14-24(29)16-23)27(32)19-34-26-15-8-10-20(2)21(26)3/h5-16,25H,4,17-19H2,1-3H3,(H,30,33)/t25-/m1/s1. The minimum atomic E-state index is -0.670. The first-order valence-corrected chi connectivity index (χ1v) is 12.2. The fourth-order valence-electron chi connectivity index (χ4n) is 3.78. The molecule has 0 bridgehead atoms. The van der Waals surface area contributed by atoms with Crippen molar-refractivity contribution in [2.45, 2.75) is 39.8 Å². The summed E-state index contributed by atoms with van der Waals surface area (Å²) in [6.45, 7) is 6.49. The van der Waals surface area contributed by atoms with Gasteiger partial charge in [0, 0.05) is 24.0 Å². The molecule has 34 heavy (non-hydrogen) atoms.